The quantitative estimate of drug-likeness (QED) is 0.817. The van der Waals surface area contributed by atoms with E-state index in [0.717, 1.165) is 17.0 Å². The highest BCUT2D eigenvalue weighted by Crippen LogP contribution is 2.46. The number of alkyl halides is 3. The topological polar surface area (TPSA) is 77.8 Å². The number of carboxylic acid groups (broad SMARTS) is 1. The van der Waals surface area contributed by atoms with Crippen LogP contribution in [0.15, 0.2) is 24.3 Å². The lowest BCUT2D eigenvalue weighted by Crippen LogP contribution is -2.47. The van der Waals surface area contributed by atoms with Gasteiger partial charge in [-0.15, -0.1) is 0 Å². The summed E-state index contributed by atoms with van der Waals surface area (Å²) in [6.45, 7) is -1.37. The van der Waals surface area contributed by atoms with Crippen molar-refractivity contribution in [2.75, 3.05) is 13.1 Å². The van der Waals surface area contributed by atoms with Crippen molar-refractivity contribution in [3.05, 3.63) is 35.6 Å². The molecule has 0 bridgehead atoms. The Morgan fingerprint density at radius 3 is 2.50 bits per heavy atom. The molecule has 9 heteroatoms. The van der Waals surface area contributed by atoms with E-state index in [0.29, 0.717) is 0 Å². The zero-order valence-corrected chi connectivity index (χ0v) is 12.4. The van der Waals surface area contributed by atoms with Gasteiger partial charge in [0.2, 0.25) is 5.91 Å². The standard InChI is InChI=1S/C15H15F4NO4/c16-10-3-1-2-9(6-10)11(21)7-12(22)20-5-4-14(8-20,13(23)24)15(17,18)19/h1-3,6,11,21H,4-5,7-8H2,(H,23,24)/t11-,14+/m0/s1. The minimum atomic E-state index is -4.99. The fraction of sp³-hybridized carbons (Fsp3) is 0.467. The molecule has 2 N–H and O–H groups in total. The van der Waals surface area contributed by atoms with Gasteiger partial charge in [0.25, 0.3) is 0 Å². The molecule has 2 rings (SSSR count). The summed E-state index contributed by atoms with van der Waals surface area (Å²) < 4.78 is 52.3. The third-order valence-corrected chi connectivity index (χ3v) is 4.18. The van der Waals surface area contributed by atoms with E-state index in [2.05, 4.69) is 0 Å². The number of hydrogen-bond donors (Lipinski definition) is 2. The molecular formula is C15H15F4NO4. The fourth-order valence-corrected chi connectivity index (χ4v) is 2.68. The van der Waals surface area contributed by atoms with E-state index >= 15 is 0 Å². The molecule has 1 fully saturated rings. The second-order valence-corrected chi connectivity index (χ2v) is 5.73. The number of aliphatic carboxylic acids is 1. The maximum absolute atomic E-state index is 13.1. The van der Waals surface area contributed by atoms with E-state index in [-0.39, 0.29) is 12.1 Å². The van der Waals surface area contributed by atoms with Gasteiger partial charge in [0.1, 0.15) is 5.82 Å². The normalized spacial score (nSPS) is 22.5. The van der Waals surface area contributed by atoms with Crippen molar-refractivity contribution in [1.29, 1.82) is 0 Å². The minimum Gasteiger partial charge on any atom is -0.481 e. The van der Waals surface area contributed by atoms with Gasteiger partial charge in [-0.25, -0.2) is 4.39 Å². The third-order valence-electron chi connectivity index (χ3n) is 4.18. The minimum absolute atomic E-state index is 0.114. The van der Waals surface area contributed by atoms with E-state index in [4.69, 9.17) is 5.11 Å². The number of rotatable bonds is 4. The molecule has 0 aromatic heterocycles. The number of carbonyl (C=O) groups is 2. The van der Waals surface area contributed by atoms with Crippen molar-refractivity contribution in [2.24, 2.45) is 5.41 Å². The van der Waals surface area contributed by atoms with Crippen molar-refractivity contribution in [1.82, 2.24) is 4.90 Å². The molecule has 132 valence electrons. The number of amides is 1. The van der Waals surface area contributed by atoms with Gasteiger partial charge in [0.05, 0.1) is 12.5 Å². The van der Waals surface area contributed by atoms with E-state index in [1.165, 1.54) is 12.1 Å². The molecule has 2 atom stereocenters. The molecule has 1 heterocycles. The molecule has 0 radical (unpaired) electrons. The summed E-state index contributed by atoms with van der Waals surface area (Å²) in [6, 6.07) is 4.86. The molecule has 24 heavy (non-hydrogen) atoms. The van der Waals surface area contributed by atoms with E-state index in [1.807, 2.05) is 0 Å². The molecule has 0 saturated carbocycles. The Labute approximate surface area is 134 Å². The maximum atomic E-state index is 13.1. The largest absolute Gasteiger partial charge is 0.481 e. The zero-order valence-electron chi connectivity index (χ0n) is 12.4. The lowest BCUT2D eigenvalue weighted by molar-refractivity contribution is -0.227. The summed E-state index contributed by atoms with van der Waals surface area (Å²) in [6.07, 6.45) is -7.68. The predicted molar refractivity (Wildman–Crippen MR) is 73.3 cm³/mol. The lowest BCUT2D eigenvalue weighted by Gasteiger charge is -2.27. The van der Waals surface area contributed by atoms with Gasteiger partial charge in [-0.05, 0) is 24.1 Å². The van der Waals surface area contributed by atoms with Crippen molar-refractivity contribution in [3.8, 4) is 0 Å². The number of aliphatic hydroxyl groups is 1. The number of nitrogens with zero attached hydrogens (tertiary/aromatic N) is 1. The van der Waals surface area contributed by atoms with Crippen molar-refractivity contribution in [3.63, 3.8) is 0 Å². The number of hydrogen-bond acceptors (Lipinski definition) is 3. The zero-order chi connectivity index (χ0) is 18.1. The summed E-state index contributed by atoms with van der Waals surface area (Å²) in [5.41, 5.74) is -2.88. The molecule has 1 aromatic rings. The first kappa shape index (κ1) is 18.2. The van der Waals surface area contributed by atoms with Crippen LogP contribution >= 0.6 is 0 Å². The fourth-order valence-electron chi connectivity index (χ4n) is 2.68. The monoisotopic (exact) mass is 349 g/mol. The van der Waals surface area contributed by atoms with E-state index < -0.39 is 54.8 Å². The van der Waals surface area contributed by atoms with Crippen LogP contribution in [-0.2, 0) is 9.59 Å². The highest BCUT2D eigenvalue weighted by atomic mass is 19.4. The SMILES string of the molecule is O=C(C[C@H](O)c1cccc(F)c1)N1CC[C@@](C(=O)O)(C(F)(F)F)C1. The molecular weight excluding hydrogens is 334 g/mol. The first-order chi connectivity index (χ1) is 11.1. The predicted octanol–water partition coefficient (Wildman–Crippen LogP) is 2.11. The third kappa shape index (κ3) is 3.35. The molecule has 0 spiro atoms. The molecule has 1 amide bonds. The van der Waals surface area contributed by atoms with Crippen LogP contribution in [0.25, 0.3) is 0 Å². The van der Waals surface area contributed by atoms with Gasteiger partial charge in [0, 0.05) is 13.1 Å². The Hall–Kier alpha value is -2.16. The van der Waals surface area contributed by atoms with Gasteiger partial charge in [0.15, 0.2) is 5.41 Å². The number of carboxylic acids is 1. The Morgan fingerprint density at radius 1 is 1.33 bits per heavy atom. The Morgan fingerprint density at radius 2 is 2.00 bits per heavy atom. The number of aliphatic hydroxyl groups excluding tert-OH is 1. The second kappa shape index (κ2) is 6.39. The van der Waals surface area contributed by atoms with Crippen LogP contribution < -0.4 is 0 Å². The number of likely N-dealkylation sites (tertiary alicyclic amines) is 1. The van der Waals surface area contributed by atoms with Crippen LogP contribution in [0.3, 0.4) is 0 Å². The molecule has 0 unspecified atom stereocenters. The molecule has 1 aliphatic heterocycles. The van der Waals surface area contributed by atoms with Crippen molar-refractivity contribution >= 4 is 11.9 Å². The molecule has 0 aliphatic carbocycles. The summed E-state index contributed by atoms with van der Waals surface area (Å²) >= 11 is 0. The van der Waals surface area contributed by atoms with Crippen LogP contribution in [-0.4, -0.2) is 46.3 Å². The molecule has 1 saturated heterocycles. The van der Waals surface area contributed by atoms with Crippen molar-refractivity contribution in [2.45, 2.75) is 25.1 Å². The van der Waals surface area contributed by atoms with Crippen LogP contribution in [0.2, 0.25) is 0 Å². The Kier molecular flexibility index (Phi) is 4.84. The summed E-state index contributed by atoms with van der Waals surface area (Å²) in [5, 5.41) is 18.9. The van der Waals surface area contributed by atoms with Crippen LogP contribution in [0.1, 0.15) is 24.5 Å². The summed E-state index contributed by atoms with van der Waals surface area (Å²) in [4.78, 5) is 23.9. The van der Waals surface area contributed by atoms with E-state index in [9.17, 15) is 32.3 Å². The Bertz CT molecular complexity index is 649. The van der Waals surface area contributed by atoms with Crippen LogP contribution in [0.4, 0.5) is 17.6 Å². The number of carbonyl (C=O) groups excluding carboxylic acids is 1. The van der Waals surface area contributed by atoms with Gasteiger partial charge in [-0.3, -0.25) is 9.59 Å². The average molecular weight is 349 g/mol. The van der Waals surface area contributed by atoms with Gasteiger partial charge in [-0.2, -0.15) is 13.2 Å². The van der Waals surface area contributed by atoms with E-state index in [1.54, 1.807) is 0 Å². The van der Waals surface area contributed by atoms with Gasteiger partial charge >= 0.3 is 12.1 Å². The van der Waals surface area contributed by atoms with Gasteiger partial charge in [-0.1, -0.05) is 12.1 Å². The van der Waals surface area contributed by atoms with Crippen LogP contribution in [0.5, 0.6) is 0 Å². The highest BCUT2D eigenvalue weighted by Gasteiger charge is 2.64. The number of benzene rings is 1. The Balaban J connectivity index is 2.08. The highest BCUT2D eigenvalue weighted by molar-refractivity contribution is 5.81. The summed E-state index contributed by atoms with van der Waals surface area (Å²) in [5.74, 6) is -3.47. The molecule has 5 nitrogen and oxygen atoms in total. The molecule has 1 aromatic carbocycles. The molecule has 1 aliphatic rings. The smallest absolute Gasteiger partial charge is 0.406 e. The number of halogens is 4. The summed E-state index contributed by atoms with van der Waals surface area (Å²) in [7, 11) is 0. The van der Waals surface area contributed by atoms with Crippen molar-refractivity contribution < 1.29 is 37.4 Å². The van der Waals surface area contributed by atoms with Crippen LogP contribution in [0, 0.1) is 11.2 Å². The second-order valence-electron chi connectivity index (χ2n) is 5.73. The first-order valence-electron chi connectivity index (χ1n) is 7.08. The lowest BCUT2D eigenvalue weighted by atomic mass is 9.86. The first-order valence-corrected chi connectivity index (χ1v) is 7.08. The maximum Gasteiger partial charge on any atom is 0.406 e. The average Bonchev–Trinajstić information content (AvgIpc) is 2.93. The van der Waals surface area contributed by atoms with Gasteiger partial charge < -0.3 is 15.1 Å².